The van der Waals surface area contributed by atoms with E-state index in [2.05, 4.69) is 5.32 Å². The van der Waals surface area contributed by atoms with Crippen LogP contribution in [0.3, 0.4) is 0 Å². The van der Waals surface area contributed by atoms with E-state index in [1.54, 1.807) is 12.1 Å². The number of nitrogens with zero attached hydrogens (tertiary/aromatic N) is 2. The smallest absolute Gasteiger partial charge is 0.322 e. The fourth-order valence-electron chi connectivity index (χ4n) is 3.84. The maximum atomic E-state index is 13.3. The van der Waals surface area contributed by atoms with Gasteiger partial charge in [0, 0.05) is 22.8 Å². The first-order chi connectivity index (χ1) is 16.5. The van der Waals surface area contributed by atoms with Crippen LogP contribution in [0.25, 0.3) is 0 Å². The molecular formula is C24H17ClF3N3O3S. The minimum Gasteiger partial charge on any atom is -0.322 e. The van der Waals surface area contributed by atoms with Crippen LogP contribution >= 0.6 is 11.6 Å². The summed E-state index contributed by atoms with van der Waals surface area (Å²) < 4.78 is 67.6. The highest BCUT2D eigenvalue weighted by Gasteiger charge is 2.34. The zero-order valence-corrected chi connectivity index (χ0v) is 19.5. The largest absolute Gasteiger partial charge is 0.417 e. The molecule has 11 heteroatoms. The summed E-state index contributed by atoms with van der Waals surface area (Å²) in [7, 11) is -3.97. The minimum atomic E-state index is -4.77. The van der Waals surface area contributed by atoms with Crippen LogP contribution in [0.15, 0.2) is 65.6 Å². The van der Waals surface area contributed by atoms with Crippen molar-refractivity contribution in [2.45, 2.75) is 23.9 Å². The van der Waals surface area contributed by atoms with Crippen LogP contribution in [0.5, 0.6) is 0 Å². The molecule has 0 saturated carbocycles. The fraction of sp³-hybridized carbons (Fsp3) is 0.167. The number of aryl methyl sites for hydroxylation is 1. The maximum Gasteiger partial charge on any atom is 0.417 e. The van der Waals surface area contributed by atoms with Gasteiger partial charge in [0.15, 0.2) is 0 Å². The van der Waals surface area contributed by atoms with E-state index in [1.165, 1.54) is 46.8 Å². The Labute approximate surface area is 204 Å². The van der Waals surface area contributed by atoms with E-state index >= 15 is 0 Å². The van der Waals surface area contributed by atoms with Crippen LogP contribution < -0.4 is 9.62 Å². The molecule has 35 heavy (non-hydrogen) atoms. The van der Waals surface area contributed by atoms with E-state index < -0.39 is 33.2 Å². The molecule has 1 aliphatic heterocycles. The van der Waals surface area contributed by atoms with Crippen molar-refractivity contribution < 1.29 is 26.4 Å². The van der Waals surface area contributed by atoms with Gasteiger partial charge >= 0.3 is 6.18 Å². The van der Waals surface area contributed by atoms with Gasteiger partial charge in [-0.2, -0.15) is 18.4 Å². The normalized spacial score (nSPS) is 13.6. The van der Waals surface area contributed by atoms with Gasteiger partial charge in [0.2, 0.25) is 0 Å². The molecule has 4 rings (SSSR count). The first kappa shape index (κ1) is 24.6. The maximum absolute atomic E-state index is 13.3. The number of anilines is 2. The Morgan fingerprint density at radius 3 is 2.54 bits per heavy atom. The number of amides is 1. The Morgan fingerprint density at radius 2 is 1.86 bits per heavy atom. The minimum absolute atomic E-state index is 0.00460. The summed E-state index contributed by atoms with van der Waals surface area (Å²) in [6.45, 7) is 0.192. The molecule has 1 heterocycles. The fourth-order valence-corrected chi connectivity index (χ4v) is 5.68. The Balaban J connectivity index is 1.67. The zero-order valence-electron chi connectivity index (χ0n) is 17.9. The van der Waals surface area contributed by atoms with E-state index in [1.807, 2.05) is 0 Å². The highest BCUT2D eigenvalue weighted by molar-refractivity contribution is 7.92. The van der Waals surface area contributed by atoms with Crippen molar-refractivity contribution in [3.05, 3.63) is 87.9 Å². The average Bonchev–Trinajstić information content (AvgIpc) is 2.82. The van der Waals surface area contributed by atoms with Crippen LogP contribution in [-0.4, -0.2) is 20.9 Å². The predicted molar refractivity (Wildman–Crippen MR) is 125 cm³/mol. The Morgan fingerprint density at radius 1 is 1.09 bits per heavy atom. The van der Waals surface area contributed by atoms with Crippen LogP contribution in [0.1, 0.15) is 33.5 Å². The molecular weight excluding hydrogens is 503 g/mol. The number of hydrogen-bond donors (Lipinski definition) is 1. The molecule has 0 radical (unpaired) electrons. The second-order valence-corrected chi connectivity index (χ2v) is 10.1. The van der Waals surface area contributed by atoms with E-state index in [9.17, 15) is 26.4 Å². The molecule has 0 unspecified atom stereocenters. The molecule has 0 spiro atoms. The van der Waals surface area contributed by atoms with Gasteiger partial charge < -0.3 is 5.32 Å². The first-order valence-corrected chi connectivity index (χ1v) is 12.2. The van der Waals surface area contributed by atoms with E-state index in [-0.39, 0.29) is 27.7 Å². The summed E-state index contributed by atoms with van der Waals surface area (Å²) >= 11 is 5.97. The zero-order chi connectivity index (χ0) is 25.4. The SMILES string of the molecule is N#Cc1ccc(NC(=O)c2ccc3c(c2)N(S(=O)(=O)c2cccc(Cl)c2)CCC3)cc1C(F)(F)F. The first-order valence-electron chi connectivity index (χ1n) is 10.3. The van der Waals surface area contributed by atoms with Crippen molar-refractivity contribution in [2.75, 3.05) is 16.2 Å². The molecule has 3 aromatic rings. The number of carbonyl (C=O) groups excluding carboxylic acids is 1. The third kappa shape index (κ3) is 4.97. The van der Waals surface area contributed by atoms with E-state index in [0.29, 0.717) is 24.6 Å². The Kier molecular flexibility index (Phi) is 6.49. The molecule has 0 fully saturated rings. The molecule has 0 saturated heterocycles. The van der Waals surface area contributed by atoms with Gasteiger partial charge in [-0.05, 0) is 66.9 Å². The lowest BCUT2D eigenvalue weighted by molar-refractivity contribution is -0.137. The second kappa shape index (κ2) is 9.24. The number of alkyl halides is 3. The molecule has 1 amide bonds. The lowest BCUT2D eigenvalue weighted by Gasteiger charge is -2.31. The van der Waals surface area contributed by atoms with Gasteiger partial charge in [-0.15, -0.1) is 0 Å². The van der Waals surface area contributed by atoms with Crippen molar-refractivity contribution in [2.24, 2.45) is 0 Å². The number of benzene rings is 3. The highest BCUT2D eigenvalue weighted by atomic mass is 35.5. The number of nitrogens with one attached hydrogen (secondary N) is 1. The number of sulfonamides is 1. The molecule has 0 aromatic heterocycles. The molecule has 180 valence electrons. The van der Waals surface area contributed by atoms with Gasteiger partial charge in [0.25, 0.3) is 15.9 Å². The molecule has 1 N–H and O–H groups in total. The molecule has 3 aromatic carbocycles. The average molecular weight is 520 g/mol. The van der Waals surface area contributed by atoms with Gasteiger partial charge in [-0.3, -0.25) is 9.10 Å². The Bertz CT molecular complexity index is 1470. The number of nitriles is 1. The summed E-state index contributed by atoms with van der Waals surface area (Å²) in [5.41, 5.74) is -0.777. The van der Waals surface area contributed by atoms with Crippen molar-refractivity contribution in [1.29, 1.82) is 5.26 Å². The third-order valence-electron chi connectivity index (χ3n) is 5.51. The van der Waals surface area contributed by atoms with Gasteiger partial charge in [-0.1, -0.05) is 23.7 Å². The summed E-state index contributed by atoms with van der Waals surface area (Å²) in [4.78, 5) is 12.8. The summed E-state index contributed by atoms with van der Waals surface area (Å²) in [5, 5.41) is 11.6. The topological polar surface area (TPSA) is 90.3 Å². The van der Waals surface area contributed by atoms with E-state index in [0.717, 1.165) is 11.6 Å². The number of halogens is 4. The van der Waals surface area contributed by atoms with Crippen molar-refractivity contribution in [3.63, 3.8) is 0 Å². The highest BCUT2D eigenvalue weighted by Crippen LogP contribution is 2.35. The van der Waals surface area contributed by atoms with Gasteiger partial charge in [0.05, 0.1) is 27.8 Å². The Hall–Kier alpha value is -3.55. The van der Waals surface area contributed by atoms with Crippen LogP contribution in [0.4, 0.5) is 24.5 Å². The lowest BCUT2D eigenvalue weighted by atomic mass is 10.0. The second-order valence-electron chi connectivity index (χ2n) is 7.81. The molecule has 0 atom stereocenters. The molecule has 0 bridgehead atoms. The number of hydrogen-bond acceptors (Lipinski definition) is 4. The van der Waals surface area contributed by atoms with Crippen molar-refractivity contribution in [1.82, 2.24) is 0 Å². The van der Waals surface area contributed by atoms with Gasteiger partial charge in [0.1, 0.15) is 0 Å². The summed E-state index contributed by atoms with van der Waals surface area (Å²) in [6.07, 6.45) is -3.60. The van der Waals surface area contributed by atoms with Crippen molar-refractivity contribution >= 4 is 38.9 Å². The molecule has 0 aliphatic carbocycles. The number of rotatable bonds is 4. The molecule has 1 aliphatic rings. The summed E-state index contributed by atoms with van der Waals surface area (Å²) in [5.74, 6) is -0.726. The predicted octanol–water partition coefficient (Wildman–Crippen LogP) is 5.62. The van der Waals surface area contributed by atoms with E-state index in [4.69, 9.17) is 16.9 Å². The quantitative estimate of drug-likeness (QED) is 0.484. The monoisotopic (exact) mass is 519 g/mol. The van der Waals surface area contributed by atoms with Crippen LogP contribution in [0, 0.1) is 11.3 Å². The van der Waals surface area contributed by atoms with Crippen LogP contribution in [-0.2, 0) is 22.6 Å². The number of fused-ring (bicyclic) bond motifs is 1. The van der Waals surface area contributed by atoms with Crippen LogP contribution in [0.2, 0.25) is 5.02 Å². The third-order valence-corrected chi connectivity index (χ3v) is 7.56. The molecule has 6 nitrogen and oxygen atoms in total. The number of carbonyl (C=O) groups is 1. The van der Waals surface area contributed by atoms with Crippen molar-refractivity contribution in [3.8, 4) is 6.07 Å². The van der Waals surface area contributed by atoms with Gasteiger partial charge in [-0.25, -0.2) is 8.42 Å². The standard InChI is InChI=1S/C24H17ClF3N3O3S/c25-18-4-1-5-20(12-18)35(33,34)31-10-2-3-15-6-7-16(11-22(15)31)23(32)30-19-9-8-17(14-29)21(13-19)24(26,27)28/h1,4-9,11-13H,2-3,10H2,(H,30,32). The summed E-state index contributed by atoms with van der Waals surface area (Å²) in [6, 6.07) is 14.7. The lowest BCUT2D eigenvalue weighted by Crippen LogP contribution is -2.35.